The van der Waals surface area contributed by atoms with E-state index in [4.69, 9.17) is 27.9 Å². The van der Waals surface area contributed by atoms with Crippen molar-refractivity contribution in [2.75, 3.05) is 12.5 Å². The van der Waals surface area contributed by atoms with Crippen molar-refractivity contribution in [3.63, 3.8) is 0 Å². The van der Waals surface area contributed by atoms with Gasteiger partial charge in [-0.3, -0.25) is 14.7 Å². The van der Waals surface area contributed by atoms with Gasteiger partial charge in [-0.05, 0) is 49.9 Å². The van der Waals surface area contributed by atoms with Crippen LogP contribution < -0.4 is 10.3 Å². The molecule has 0 bridgehead atoms. The van der Waals surface area contributed by atoms with Gasteiger partial charge in [0, 0.05) is 41.9 Å². The second kappa shape index (κ2) is 10.2. The van der Waals surface area contributed by atoms with Gasteiger partial charge >= 0.3 is 0 Å². The highest BCUT2D eigenvalue weighted by molar-refractivity contribution is 6.36. The third-order valence-corrected chi connectivity index (χ3v) is 8.67. The topological polar surface area (TPSA) is 113 Å². The number of aromatic amines is 2. The van der Waals surface area contributed by atoms with E-state index in [1.807, 2.05) is 30.3 Å². The summed E-state index contributed by atoms with van der Waals surface area (Å²) < 4.78 is 7.47. The Bertz CT molecular complexity index is 1730. The predicted octanol–water partition coefficient (Wildman–Crippen LogP) is 6.22. The van der Waals surface area contributed by atoms with E-state index in [0.29, 0.717) is 63.3 Å². The number of alkyl halides is 1. The molecule has 0 saturated heterocycles. The molecule has 0 atom stereocenters. The number of rotatable bonds is 7. The molecule has 1 saturated carbocycles. The average molecular weight is 565 g/mol. The lowest BCUT2D eigenvalue weighted by Crippen LogP contribution is -2.35. The SMILES string of the molecule is O=C(c1ccc(Oc2ccccc2)cc1Cl)c1c[nH]c2ncc3c(=O)n(C4CCC(CO)(CCl)CC4)[nH]c3c12. The van der Waals surface area contributed by atoms with Crippen LogP contribution in [0, 0.1) is 5.41 Å². The molecule has 39 heavy (non-hydrogen) atoms. The maximum absolute atomic E-state index is 13.7. The minimum absolute atomic E-state index is 0.0338. The molecule has 3 heterocycles. The molecule has 10 heteroatoms. The van der Waals surface area contributed by atoms with E-state index in [1.54, 1.807) is 29.1 Å². The van der Waals surface area contributed by atoms with Gasteiger partial charge in [-0.1, -0.05) is 29.8 Å². The molecular weight excluding hydrogens is 539 g/mol. The number of aliphatic hydroxyl groups excluding tert-OH is 1. The summed E-state index contributed by atoms with van der Waals surface area (Å²) in [6, 6.07) is 14.2. The maximum Gasteiger partial charge on any atom is 0.276 e. The molecular formula is C29H26Cl2N4O4. The number of ether oxygens (including phenoxy) is 1. The molecule has 0 spiro atoms. The van der Waals surface area contributed by atoms with Crippen LogP contribution in [0.2, 0.25) is 5.02 Å². The lowest BCUT2D eigenvalue weighted by molar-refractivity contribution is 0.0832. The minimum atomic E-state index is -0.302. The van der Waals surface area contributed by atoms with Gasteiger partial charge in [0.25, 0.3) is 5.56 Å². The van der Waals surface area contributed by atoms with E-state index in [-0.39, 0.29) is 34.4 Å². The molecule has 6 rings (SSSR count). The van der Waals surface area contributed by atoms with Crippen LogP contribution in [0.4, 0.5) is 0 Å². The molecule has 1 fully saturated rings. The van der Waals surface area contributed by atoms with Crippen molar-refractivity contribution >= 4 is 50.9 Å². The lowest BCUT2D eigenvalue weighted by Gasteiger charge is -2.37. The fraction of sp³-hybridized carbons (Fsp3) is 0.276. The van der Waals surface area contributed by atoms with Crippen molar-refractivity contribution in [3.8, 4) is 11.5 Å². The standard InChI is InChI=1S/C29H26Cl2N4O4/c30-15-29(16-36)10-8-17(9-11-29)35-28(38)22-14-33-27-24(25(22)34-35)21(13-32-27)26(37)20-7-6-19(12-23(20)31)39-18-4-2-1-3-5-18/h1-7,12-14,17,34,36H,8-11,15-16H2,(H,32,33). The van der Waals surface area contributed by atoms with Crippen LogP contribution in [-0.4, -0.2) is 43.1 Å². The van der Waals surface area contributed by atoms with E-state index in [1.165, 1.54) is 6.20 Å². The largest absolute Gasteiger partial charge is 0.457 e. The van der Waals surface area contributed by atoms with Crippen LogP contribution in [-0.2, 0) is 0 Å². The molecule has 200 valence electrons. The van der Waals surface area contributed by atoms with E-state index in [9.17, 15) is 14.7 Å². The molecule has 0 unspecified atom stereocenters. The number of nitrogens with zero attached hydrogens (tertiary/aromatic N) is 2. The Kier molecular flexibility index (Phi) is 6.71. The van der Waals surface area contributed by atoms with E-state index in [2.05, 4.69) is 15.1 Å². The summed E-state index contributed by atoms with van der Waals surface area (Å²) in [6.07, 6.45) is 5.99. The third kappa shape index (κ3) is 4.52. The van der Waals surface area contributed by atoms with Crippen molar-refractivity contribution in [3.05, 3.63) is 87.4 Å². The fourth-order valence-corrected chi connectivity index (χ4v) is 6.04. The summed E-state index contributed by atoms with van der Waals surface area (Å²) >= 11 is 12.7. The number of para-hydroxylation sites is 1. The highest BCUT2D eigenvalue weighted by atomic mass is 35.5. The second-order valence-corrected chi connectivity index (χ2v) is 10.8. The number of hydrogen-bond acceptors (Lipinski definition) is 5. The van der Waals surface area contributed by atoms with Crippen LogP contribution in [0.25, 0.3) is 21.9 Å². The number of halogens is 2. The van der Waals surface area contributed by atoms with Gasteiger partial charge < -0.3 is 14.8 Å². The second-order valence-electron chi connectivity index (χ2n) is 10.2. The zero-order valence-electron chi connectivity index (χ0n) is 20.9. The summed E-state index contributed by atoms with van der Waals surface area (Å²) in [7, 11) is 0. The molecule has 5 aromatic rings. The number of aliphatic hydroxyl groups is 1. The highest BCUT2D eigenvalue weighted by Crippen LogP contribution is 2.41. The Labute approximate surface area is 233 Å². The van der Waals surface area contributed by atoms with Gasteiger partial charge in [0.15, 0.2) is 5.78 Å². The average Bonchev–Trinajstić information content (AvgIpc) is 3.55. The van der Waals surface area contributed by atoms with Gasteiger partial charge in [0.05, 0.1) is 32.9 Å². The van der Waals surface area contributed by atoms with Crippen LogP contribution in [0.1, 0.15) is 47.6 Å². The Morgan fingerprint density at radius 1 is 1.13 bits per heavy atom. The van der Waals surface area contributed by atoms with Crippen LogP contribution in [0.5, 0.6) is 11.5 Å². The van der Waals surface area contributed by atoms with Crippen LogP contribution >= 0.6 is 23.2 Å². The quantitative estimate of drug-likeness (QED) is 0.160. The molecule has 3 N–H and O–H groups in total. The van der Waals surface area contributed by atoms with E-state index >= 15 is 0 Å². The zero-order valence-corrected chi connectivity index (χ0v) is 22.4. The predicted molar refractivity (Wildman–Crippen MR) is 151 cm³/mol. The first kappa shape index (κ1) is 25.7. The Balaban J connectivity index is 1.35. The molecule has 1 aliphatic carbocycles. The molecule has 0 radical (unpaired) electrons. The normalized spacial score (nSPS) is 19.5. The Hall–Kier alpha value is -3.59. The first-order valence-corrected chi connectivity index (χ1v) is 13.7. The van der Waals surface area contributed by atoms with Crippen molar-refractivity contribution in [2.24, 2.45) is 5.41 Å². The van der Waals surface area contributed by atoms with Gasteiger partial charge in [-0.2, -0.15) is 0 Å². The number of nitrogens with one attached hydrogen (secondary N) is 2. The van der Waals surface area contributed by atoms with Gasteiger partial charge in [0.1, 0.15) is 17.1 Å². The first-order valence-electron chi connectivity index (χ1n) is 12.8. The maximum atomic E-state index is 13.7. The summed E-state index contributed by atoms with van der Waals surface area (Å²) in [6.45, 7) is 0.0338. The number of fused-ring (bicyclic) bond motifs is 3. The van der Waals surface area contributed by atoms with Crippen LogP contribution in [0.3, 0.4) is 0 Å². The van der Waals surface area contributed by atoms with Gasteiger partial charge in [0.2, 0.25) is 0 Å². The minimum Gasteiger partial charge on any atom is -0.457 e. The highest BCUT2D eigenvalue weighted by Gasteiger charge is 2.35. The van der Waals surface area contributed by atoms with Gasteiger partial charge in [-0.25, -0.2) is 9.67 Å². The van der Waals surface area contributed by atoms with Crippen LogP contribution in [0.15, 0.2) is 65.7 Å². The summed E-state index contributed by atoms with van der Waals surface area (Å²) in [5, 5.41) is 14.3. The number of pyridine rings is 1. The molecule has 2 aromatic carbocycles. The van der Waals surface area contributed by atoms with E-state index in [0.717, 1.165) is 12.8 Å². The monoisotopic (exact) mass is 564 g/mol. The number of ketones is 1. The first-order chi connectivity index (χ1) is 18.9. The third-order valence-electron chi connectivity index (χ3n) is 7.79. The molecule has 3 aromatic heterocycles. The molecule has 1 aliphatic rings. The number of aromatic nitrogens is 4. The summed E-state index contributed by atoms with van der Waals surface area (Å²) in [5.41, 5.74) is 1.22. The van der Waals surface area contributed by atoms with Crippen molar-refractivity contribution in [1.29, 1.82) is 0 Å². The number of carbonyl (C=O) groups excluding carboxylic acids is 1. The van der Waals surface area contributed by atoms with Crippen molar-refractivity contribution < 1.29 is 14.6 Å². The van der Waals surface area contributed by atoms with Crippen molar-refractivity contribution in [1.82, 2.24) is 19.7 Å². The van der Waals surface area contributed by atoms with Gasteiger partial charge in [-0.15, -0.1) is 11.6 Å². The lowest BCUT2D eigenvalue weighted by atomic mass is 9.74. The summed E-state index contributed by atoms with van der Waals surface area (Å²) in [5.74, 6) is 1.26. The Morgan fingerprint density at radius 3 is 2.59 bits per heavy atom. The zero-order chi connectivity index (χ0) is 27.1. The van der Waals surface area contributed by atoms with E-state index < -0.39 is 0 Å². The molecule has 8 nitrogen and oxygen atoms in total. The molecule has 0 aliphatic heterocycles. The number of carbonyl (C=O) groups is 1. The fourth-order valence-electron chi connectivity index (χ4n) is 5.43. The number of H-pyrrole nitrogens is 2. The number of hydrogen-bond donors (Lipinski definition) is 3. The smallest absolute Gasteiger partial charge is 0.276 e. The van der Waals surface area contributed by atoms with Crippen molar-refractivity contribution in [2.45, 2.75) is 31.7 Å². The number of benzene rings is 2. The summed E-state index contributed by atoms with van der Waals surface area (Å²) in [4.78, 5) is 34.5. The molecule has 0 amide bonds. The Morgan fingerprint density at radius 2 is 1.90 bits per heavy atom.